The van der Waals surface area contributed by atoms with E-state index in [2.05, 4.69) is 65.0 Å². The summed E-state index contributed by atoms with van der Waals surface area (Å²) in [5.41, 5.74) is 4.43. The van der Waals surface area contributed by atoms with E-state index in [1.807, 2.05) is 0 Å². The molecule has 0 N–H and O–H groups in total. The van der Waals surface area contributed by atoms with Crippen molar-refractivity contribution < 1.29 is 0 Å². The van der Waals surface area contributed by atoms with Gasteiger partial charge < -0.3 is 0 Å². The Morgan fingerprint density at radius 1 is 1.13 bits per heavy atom. The first kappa shape index (κ1) is 12.0. The van der Waals surface area contributed by atoms with E-state index in [-0.39, 0.29) is 5.41 Å². The fraction of sp³-hybridized carbons (Fsp3) is 0.467. The molecule has 0 saturated carbocycles. The second kappa shape index (κ2) is 4.65. The van der Waals surface area contributed by atoms with Gasteiger partial charge in [0, 0.05) is 0 Å². The highest BCUT2D eigenvalue weighted by atomic mass is 14.2. The summed E-state index contributed by atoms with van der Waals surface area (Å²) < 4.78 is 0. The number of benzene rings is 1. The highest BCUT2D eigenvalue weighted by Gasteiger charge is 2.12. The first-order valence-corrected chi connectivity index (χ1v) is 5.75. The lowest BCUT2D eigenvalue weighted by atomic mass is 9.86. The zero-order chi connectivity index (χ0) is 11.5. The molecule has 0 amide bonds. The quantitative estimate of drug-likeness (QED) is 0.646. The molecule has 0 nitrogen and oxygen atoms in total. The average molecular weight is 202 g/mol. The van der Waals surface area contributed by atoms with Gasteiger partial charge in [0.2, 0.25) is 0 Å². The first-order chi connectivity index (χ1) is 6.99. The van der Waals surface area contributed by atoms with E-state index in [0.717, 1.165) is 6.42 Å². The monoisotopic (exact) mass is 202 g/mol. The van der Waals surface area contributed by atoms with Crippen molar-refractivity contribution in [3.05, 3.63) is 41.5 Å². The minimum atomic E-state index is 0.251. The van der Waals surface area contributed by atoms with Crippen molar-refractivity contribution in [3.63, 3.8) is 0 Å². The fourth-order valence-corrected chi connectivity index (χ4v) is 1.76. The first-order valence-electron chi connectivity index (χ1n) is 5.75. The third-order valence-corrected chi connectivity index (χ3v) is 2.85. The summed E-state index contributed by atoms with van der Waals surface area (Å²) in [6.07, 6.45) is 3.30. The lowest BCUT2D eigenvalue weighted by molar-refractivity contribution is 0.590. The van der Waals surface area contributed by atoms with Gasteiger partial charge in [-0.25, -0.2) is 0 Å². The van der Waals surface area contributed by atoms with E-state index in [4.69, 9.17) is 0 Å². The molecule has 82 valence electrons. The minimum Gasteiger partial charge on any atom is -0.0839 e. The normalized spacial score (nSPS) is 13.0. The Morgan fingerprint density at radius 2 is 1.67 bits per heavy atom. The van der Waals surface area contributed by atoms with Gasteiger partial charge in [0.1, 0.15) is 0 Å². The predicted molar refractivity (Wildman–Crippen MR) is 69.1 cm³/mol. The molecule has 0 unspecified atom stereocenters. The molecule has 0 heteroatoms. The molecule has 0 heterocycles. The molecule has 1 aromatic carbocycles. The Morgan fingerprint density at radius 3 is 2.00 bits per heavy atom. The third kappa shape index (κ3) is 2.95. The summed E-state index contributed by atoms with van der Waals surface area (Å²) in [4.78, 5) is 0. The highest BCUT2D eigenvalue weighted by Crippen LogP contribution is 2.25. The van der Waals surface area contributed by atoms with Gasteiger partial charge in [0.15, 0.2) is 0 Å². The molecule has 0 atom stereocenters. The maximum atomic E-state index is 2.25. The lowest BCUT2D eigenvalue weighted by Crippen LogP contribution is -2.10. The van der Waals surface area contributed by atoms with Crippen LogP contribution in [0.1, 0.15) is 52.2 Å². The van der Waals surface area contributed by atoms with E-state index in [1.165, 1.54) is 16.7 Å². The van der Waals surface area contributed by atoms with E-state index in [0.29, 0.717) is 0 Å². The maximum absolute atomic E-state index is 2.25. The number of hydrogen-bond acceptors (Lipinski definition) is 0. The highest BCUT2D eigenvalue weighted by molar-refractivity contribution is 5.65. The minimum absolute atomic E-state index is 0.251. The van der Waals surface area contributed by atoms with Gasteiger partial charge in [0.05, 0.1) is 0 Å². The molecule has 0 fully saturated rings. The van der Waals surface area contributed by atoms with Crippen LogP contribution in [-0.4, -0.2) is 0 Å². The Bertz CT molecular complexity index is 333. The van der Waals surface area contributed by atoms with Crippen LogP contribution in [0.4, 0.5) is 0 Å². The maximum Gasteiger partial charge on any atom is -0.0132 e. The summed E-state index contributed by atoms with van der Waals surface area (Å²) in [5.74, 6) is 0. The van der Waals surface area contributed by atoms with E-state index >= 15 is 0 Å². The summed E-state index contributed by atoms with van der Waals surface area (Å²) >= 11 is 0. The molecule has 0 bridgehead atoms. The van der Waals surface area contributed by atoms with Crippen LogP contribution >= 0.6 is 0 Å². The van der Waals surface area contributed by atoms with Crippen LogP contribution in [0.3, 0.4) is 0 Å². The number of allylic oxidation sites excluding steroid dienone is 2. The van der Waals surface area contributed by atoms with Crippen LogP contribution in [0.2, 0.25) is 0 Å². The van der Waals surface area contributed by atoms with Gasteiger partial charge in [-0.1, -0.05) is 58.0 Å². The molecule has 0 radical (unpaired) electrons. The van der Waals surface area contributed by atoms with Crippen molar-refractivity contribution in [2.75, 3.05) is 0 Å². The largest absolute Gasteiger partial charge is 0.0839 e. The zero-order valence-corrected chi connectivity index (χ0v) is 10.6. The van der Waals surface area contributed by atoms with Gasteiger partial charge in [-0.05, 0) is 35.5 Å². The third-order valence-electron chi connectivity index (χ3n) is 2.85. The Balaban J connectivity index is 3.00. The van der Waals surface area contributed by atoms with E-state index in [1.54, 1.807) is 0 Å². The van der Waals surface area contributed by atoms with Gasteiger partial charge in [-0.3, -0.25) is 0 Å². The van der Waals surface area contributed by atoms with Crippen molar-refractivity contribution in [2.45, 2.75) is 46.5 Å². The van der Waals surface area contributed by atoms with Gasteiger partial charge in [-0.2, -0.15) is 0 Å². The van der Waals surface area contributed by atoms with E-state index in [9.17, 15) is 0 Å². The van der Waals surface area contributed by atoms with Crippen molar-refractivity contribution in [3.8, 4) is 0 Å². The van der Waals surface area contributed by atoms with Crippen molar-refractivity contribution in [1.29, 1.82) is 0 Å². The van der Waals surface area contributed by atoms with Gasteiger partial charge >= 0.3 is 0 Å². The Kier molecular flexibility index (Phi) is 3.73. The Labute approximate surface area is 94.0 Å². The standard InChI is InChI=1S/C15H22/c1-6-12(7-2)13-8-10-14(11-9-13)15(3,4)5/h6,8-11H,7H2,1-5H3. The topological polar surface area (TPSA) is 0 Å². The molecule has 0 aliphatic heterocycles. The number of hydrogen-bond donors (Lipinski definition) is 0. The fourth-order valence-electron chi connectivity index (χ4n) is 1.76. The SMILES string of the molecule is CC=C(CC)c1ccc(C(C)(C)C)cc1. The van der Waals surface area contributed by atoms with Crippen LogP contribution in [-0.2, 0) is 5.41 Å². The van der Waals surface area contributed by atoms with Crippen LogP contribution in [0, 0.1) is 0 Å². The van der Waals surface area contributed by atoms with Crippen LogP contribution in [0.25, 0.3) is 5.57 Å². The van der Waals surface area contributed by atoms with Crippen molar-refractivity contribution >= 4 is 5.57 Å². The second-order valence-corrected chi connectivity index (χ2v) is 4.99. The molecular weight excluding hydrogens is 180 g/mol. The van der Waals surface area contributed by atoms with E-state index < -0.39 is 0 Å². The van der Waals surface area contributed by atoms with Crippen molar-refractivity contribution in [1.82, 2.24) is 0 Å². The smallest absolute Gasteiger partial charge is 0.0132 e. The van der Waals surface area contributed by atoms with Gasteiger partial charge in [-0.15, -0.1) is 0 Å². The predicted octanol–water partition coefficient (Wildman–Crippen LogP) is 4.80. The molecular formula is C15H22. The summed E-state index contributed by atoms with van der Waals surface area (Å²) in [6.45, 7) is 11.1. The molecule has 15 heavy (non-hydrogen) atoms. The summed E-state index contributed by atoms with van der Waals surface area (Å²) in [6, 6.07) is 8.96. The number of rotatable bonds is 2. The molecule has 1 aromatic rings. The molecule has 0 spiro atoms. The van der Waals surface area contributed by atoms with Crippen LogP contribution in [0.5, 0.6) is 0 Å². The average Bonchev–Trinajstić information content (AvgIpc) is 2.19. The Hall–Kier alpha value is -1.04. The van der Waals surface area contributed by atoms with Crippen molar-refractivity contribution in [2.24, 2.45) is 0 Å². The van der Waals surface area contributed by atoms with Crippen LogP contribution < -0.4 is 0 Å². The lowest BCUT2D eigenvalue weighted by Gasteiger charge is -2.19. The molecule has 0 aliphatic rings. The second-order valence-electron chi connectivity index (χ2n) is 4.99. The summed E-state index contributed by atoms with van der Waals surface area (Å²) in [5, 5.41) is 0. The van der Waals surface area contributed by atoms with Crippen LogP contribution in [0.15, 0.2) is 30.3 Å². The summed E-state index contributed by atoms with van der Waals surface area (Å²) in [7, 11) is 0. The molecule has 1 rings (SSSR count). The molecule has 0 saturated heterocycles. The van der Waals surface area contributed by atoms with Gasteiger partial charge in [0.25, 0.3) is 0 Å². The molecule has 0 aliphatic carbocycles. The molecule has 0 aromatic heterocycles. The zero-order valence-electron chi connectivity index (χ0n) is 10.6.